The summed E-state index contributed by atoms with van der Waals surface area (Å²) >= 11 is 0. The molecule has 3 aromatic carbocycles. The van der Waals surface area contributed by atoms with Gasteiger partial charge in [0, 0.05) is 16.6 Å². The molecule has 0 fully saturated rings. The van der Waals surface area contributed by atoms with E-state index in [4.69, 9.17) is 10.5 Å². The summed E-state index contributed by atoms with van der Waals surface area (Å²) in [5.74, 6) is -0.808. The number of nitrogens with one attached hydrogen (secondary N) is 1. The maximum atomic E-state index is 13.1. The predicted octanol–water partition coefficient (Wildman–Crippen LogP) is 3.91. The summed E-state index contributed by atoms with van der Waals surface area (Å²) in [6.45, 7) is 0. The fraction of sp³-hybridized carbons (Fsp3) is 0.120. The van der Waals surface area contributed by atoms with E-state index in [0.29, 0.717) is 40.7 Å². The van der Waals surface area contributed by atoms with E-state index in [1.807, 2.05) is 18.2 Å². The van der Waals surface area contributed by atoms with Crippen LogP contribution in [0, 0.1) is 5.82 Å². The van der Waals surface area contributed by atoms with E-state index in [9.17, 15) is 14.0 Å². The molecule has 1 heterocycles. The number of hydrogen-bond donors (Lipinski definition) is 2. The summed E-state index contributed by atoms with van der Waals surface area (Å²) in [6.07, 6.45) is 2.62. The normalized spacial score (nSPS) is 10.7. The van der Waals surface area contributed by atoms with E-state index in [-0.39, 0.29) is 11.5 Å². The van der Waals surface area contributed by atoms with E-state index >= 15 is 0 Å². The minimum absolute atomic E-state index is 0.276. The van der Waals surface area contributed by atoms with Crippen molar-refractivity contribution in [3.63, 3.8) is 0 Å². The van der Waals surface area contributed by atoms with Crippen LogP contribution in [0.15, 0.2) is 67.0 Å². The SMILES string of the molecule is COc1cc(C(N)=O)c2ncnc(CCc3cccc(NC(=O)c4ccc(F)cc4)c3)c2c1. The summed E-state index contributed by atoms with van der Waals surface area (Å²) in [7, 11) is 1.52. The number of carbonyl (C=O) groups excluding carboxylic acids is 2. The first kappa shape index (κ1) is 21.9. The Morgan fingerprint density at radius 1 is 1.03 bits per heavy atom. The number of ether oxygens (including phenoxy) is 1. The molecule has 7 nitrogen and oxygen atoms in total. The highest BCUT2D eigenvalue weighted by Crippen LogP contribution is 2.26. The first-order valence-corrected chi connectivity index (χ1v) is 10.2. The number of fused-ring (bicyclic) bond motifs is 1. The highest BCUT2D eigenvalue weighted by atomic mass is 19.1. The summed E-state index contributed by atoms with van der Waals surface area (Å²) < 4.78 is 18.4. The number of nitrogens with zero attached hydrogens (tertiary/aromatic N) is 2. The number of aromatic nitrogens is 2. The van der Waals surface area contributed by atoms with Crippen LogP contribution in [0.4, 0.5) is 10.1 Å². The second-order valence-corrected chi connectivity index (χ2v) is 7.42. The maximum Gasteiger partial charge on any atom is 0.255 e. The maximum absolute atomic E-state index is 13.1. The molecule has 0 aliphatic rings. The van der Waals surface area contributed by atoms with Crippen LogP contribution in [0.1, 0.15) is 32.0 Å². The summed E-state index contributed by atoms with van der Waals surface area (Å²) in [4.78, 5) is 32.9. The number of amides is 2. The zero-order chi connectivity index (χ0) is 23.4. The zero-order valence-electron chi connectivity index (χ0n) is 17.8. The van der Waals surface area contributed by atoms with E-state index in [0.717, 1.165) is 11.3 Å². The number of hydrogen-bond acceptors (Lipinski definition) is 5. The van der Waals surface area contributed by atoms with Crippen molar-refractivity contribution in [1.29, 1.82) is 0 Å². The van der Waals surface area contributed by atoms with Gasteiger partial charge in [-0.25, -0.2) is 14.4 Å². The molecule has 4 rings (SSSR count). The number of halogens is 1. The van der Waals surface area contributed by atoms with Crippen molar-refractivity contribution in [2.24, 2.45) is 5.73 Å². The van der Waals surface area contributed by atoms with E-state index in [1.165, 1.54) is 37.7 Å². The Hall–Kier alpha value is -4.33. The average molecular weight is 444 g/mol. The van der Waals surface area contributed by atoms with E-state index < -0.39 is 11.7 Å². The first-order valence-electron chi connectivity index (χ1n) is 10.2. The van der Waals surface area contributed by atoms with Gasteiger partial charge in [0.25, 0.3) is 11.8 Å². The molecule has 0 radical (unpaired) electrons. The second-order valence-electron chi connectivity index (χ2n) is 7.42. The van der Waals surface area contributed by atoms with Crippen LogP contribution >= 0.6 is 0 Å². The third kappa shape index (κ3) is 4.95. The van der Waals surface area contributed by atoms with Crippen molar-refractivity contribution in [1.82, 2.24) is 9.97 Å². The van der Waals surface area contributed by atoms with Crippen molar-refractivity contribution >= 4 is 28.4 Å². The summed E-state index contributed by atoms with van der Waals surface area (Å²) in [5.41, 5.74) is 9.01. The Morgan fingerprint density at radius 2 is 1.82 bits per heavy atom. The van der Waals surface area contributed by atoms with Crippen LogP contribution in [0.3, 0.4) is 0 Å². The molecular formula is C25H21FN4O3. The van der Waals surface area contributed by atoms with E-state index in [2.05, 4.69) is 15.3 Å². The topological polar surface area (TPSA) is 107 Å². The van der Waals surface area contributed by atoms with Gasteiger partial charge in [0.15, 0.2) is 0 Å². The Kier molecular flexibility index (Phi) is 6.26. The molecule has 33 heavy (non-hydrogen) atoms. The smallest absolute Gasteiger partial charge is 0.255 e. The van der Waals surface area contributed by atoms with Crippen molar-refractivity contribution < 1.29 is 18.7 Å². The second kappa shape index (κ2) is 9.44. The standard InChI is InChI=1S/C25H21FN4O3/c1-33-19-12-20-22(28-14-29-23(20)21(13-19)24(27)31)10-5-15-3-2-4-18(11-15)30-25(32)16-6-8-17(26)9-7-16/h2-4,6-9,11-14H,5,10H2,1H3,(H2,27,31)(H,30,32). The third-order valence-electron chi connectivity index (χ3n) is 5.24. The van der Waals surface area contributed by atoms with Gasteiger partial charge in [0.05, 0.1) is 23.9 Å². The monoisotopic (exact) mass is 444 g/mol. The lowest BCUT2D eigenvalue weighted by Crippen LogP contribution is -2.13. The number of aryl methyl sites for hydroxylation is 2. The average Bonchev–Trinajstić information content (AvgIpc) is 2.82. The van der Waals surface area contributed by atoms with Crippen LogP contribution in [-0.2, 0) is 12.8 Å². The van der Waals surface area contributed by atoms with Gasteiger partial charge in [-0.15, -0.1) is 0 Å². The predicted molar refractivity (Wildman–Crippen MR) is 123 cm³/mol. The number of primary amides is 1. The lowest BCUT2D eigenvalue weighted by molar-refractivity contribution is 0.0998. The van der Waals surface area contributed by atoms with Crippen LogP contribution in [0.25, 0.3) is 10.9 Å². The fourth-order valence-corrected chi connectivity index (χ4v) is 3.57. The number of methoxy groups -OCH3 is 1. The van der Waals surface area contributed by atoms with Crippen molar-refractivity contribution in [2.75, 3.05) is 12.4 Å². The first-order chi connectivity index (χ1) is 15.9. The third-order valence-corrected chi connectivity index (χ3v) is 5.24. The number of anilines is 1. The number of benzene rings is 3. The van der Waals surface area contributed by atoms with Crippen molar-refractivity contribution in [3.05, 3.63) is 95.2 Å². The molecule has 0 saturated carbocycles. The minimum atomic E-state index is -0.590. The molecule has 0 atom stereocenters. The molecular weight excluding hydrogens is 423 g/mol. The molecule has 166 valence electrons. The molecule has 1 aromatic heterocycles. The molecule has 0 aliphatic heterocycles. The van der Waals surface area contributed by atoms with Gasteiger partial charge in [-0.2, -0.15) is 0 Å². The number of rotatable bonds is 7. The largest absolute Gasteiger partial charge is 0.497 e. The van der Waals surface area contributed by atoms with Gasteiger partial charge >= 0.3 is 0 Å². The fourth-order valence-electron chi connectivity index (χ4n) is 3.57. The van der Waals surface area contributed by atoms with Crippen LogP contribution in [0.2, 0.25) is 0 Å². The molecule has 3 N–H and O–H groups in total. The van der Waals surface area contributed by atoms with Gasteiger partial charge in [0.1, 0.15) is 17.9 Å². The van der Waals surface area contributed by atoms with Crippen molar-refractivity contribution in [3.8, 4) is 5.75 Å². The molecule has 4 aromatic rings. The molecule has 0 aliphatic carbocycles. The Bertz CT molecular complexity index is 1340. The lowest BCUT2D eigenvalue weighted by atomic mass is 10.0. The van der Waals surface area contributed by atoms with Crippen LogP contribution in [-0.4, -0.2) is 28.9 Å². The van der Waals surface area contributed by atoms with Gasteiger partial charge in [-0.05, 0) is 66.9 Å². The summed E-state index contributed by atoms with van der Waals surface area (Å²) in [5, 5.41) is 3.53. The van der Waals surface area contributed by atoms with E-state index in [1.54, 1.807) is 18.2 Å². The van der Waals surface area contributed by atoms with Gasteiger partial charge in [-0.1, -0.05) is 12.1 Å². The molecule has 0 saturated heterocycles. The quantitative estimate of drug-likeness (QED) is 0.449. The van der Waals surface area contributed by atoms with Gasteiger partial charge in [0.2, 0.25) is 0 Å². The Morgan fingerprint density at radius 3 is 2.55 bits per heavy atom. The van der Waals surface area contributed by atoms with Crippen LogP contribution in [0.5, 0.6) is 5.75 Å². The Labute approximate surface area is 189 Å². The number of carbonyl (C=O) groups is 2. The molecule has 8 heteroatoms. The summed E-state index contributed by atoms with van der Waals surface area (Å²) in [6, 6.07) is 16.2. The Balaban J connectivity index is 1.54. The zero-order valence-corrected chi connectivity index (χ0v) is 17.8. The number of nitrogens with two attached hydrogens (primary N) is 1. The van der Waals surface area contributed by atoms with Gasteiger partial charge in [-0.3, -0.25) is 9.59 Å². The molecule has 0 unspecified atom stereocenters. The lowest BCUT2D eigenvalue weighted by Gasteiger charge is -2.11. The molecule has 0 spiro atoms. The highest BCUT2D eigenvalue weighted by molar-refractivity contribution is 6.06. The minimum Gasteiger partial charge on any atom is -0.497 e. The highest BCUT2D eigenvalue weighted by Gasteiger charge is 2.14. The van der Waals surface area contributed by atoms with Crippen LogP contribution < -0.4 is 15.8 Å². The molecule has 0 bridgehead atoms. The van der Waals surface area contributed by atoms with Crippen molar-refractivity contribution in [2.45, 2.75) is 12.8 Å². The van der Waals surface area contributed by atoms with Gasteiger partial charge < -0.3 is 15.8 Å². The molecule has 2 amide bonds.